The predicted molar refractivity (Wildman–Crippen MR) is 76.7 cm³/mol. The van der Waals surface area contributed by atoms with Crippen LogP contribution in [0.5, 0.6) is 0 Å². The molecule has 1 aromatic heterocycles. The van der Waals surface area contributed by atoms with Gasteiger partial charge in [0.1, 0.15) is 11.5 Å². The molecule has 2 nitrogen and oxygen atoms in total. The first kappa shape index (κ1) is 12.9. The van der Waals surface area contributed by atoms with E-state index in [0.717, 1.165) is 28.7 Å². The van der Waals surface area contributed by atoms with Gasteiger partial charge in [0.25, 0.3) is 0 Å². The standard InChI is InChI=1S/C15H16ClNO/c1-11(10-17-2)9-14-7-8-15(18-14)12-3-5-13(16)6-4-12/h3-9,17H,10H2,1-2H3. The molecule has 0 spiro atoms. The van der Waals surface area contributed by atoms with Crippen molar-refractivity contribution < 1.29 is 4.42 Å². The van der Waals surface area contributed by atoms with E-state index in [1.54, 1.807) is 0 Å². The van der Waals surface area contributed by atoms with Crippen LogP contribution in [-0.2, 0) is 0 Å². The zero-order chi connectivity index (χ0) is 13.0. The van der Waals surface area contributed by atoms with Crippen molar-refractivity contribution in [1.29, 1.82) is 0 Å². The zero-order valence-electron chi connectivity index (χ0n) is 10.5. The van der Waals surface area contributed by atoms with Crippen molar-refractivity contribution in [2.45, 2.75) is 6.92 Å². The van der Waals surface area contributed by atoms with E-state index in [9.17, 15) is 0 Å². The summed E-state index contributed by atoms with van der Waals surface area (Å²) in [5.41, 5.74) is 2.26. The van der Waals surface area contributed by atoms with Gasteiger partial charge in [-0.15, -0.1) is 0 Å². The lowest BCUT2D eigenvalue weighted by Crippen LogP contribution is -2.08. The van der Waals surface area contributed by atoms with E-state index in [4.69, 9.17) is 16.0 Å². The first-order valence-corrected chi connectivity index (χ1v) is 6.24. The minimum absolute atomic E-state index is 0.732. The van der Waals surface area contributed by atoms with E-state index in [1.165, 1.54) is 5.57 Å². The second kappa shape index (κ2) is 5.89. The van der Waals surface area contributed by atoms with Crippen LogP contribution in [0, 0.1) is 0 Å². The maximum atomic E-state index is 5.86. The third kappa shape index (κ3) is 3.25. The Bertz CT molecular complexity index is 540. The first-order valence-electron chi connectivity index (χ1n) is 5.86. The molecule has 0 saturated carbocycles. The second-order valence-electron chi connectivity index (χ2n) is 4.23. The van der Waals surface area contributed by atoms with Crippen LogP contribution >= 0.6 is 11.6 Å². The van der Waals surface area contributed by atoms with E-state index in [0.29, 0.717) is 0 Å². The van der Waals surface area contributed by atoms with Crippen LogP contribution in [0.3, 0.4) is 0 Å². The number of hydrogen-bond acceptors (Lipinski definition) is 2. The molecule has 1 aromatic carbocycles. The summed E-state index contributed by atoms with van der Waals surface area (Å²) >= 11 is 5.86. The average molecular weight is 262 g/mol. The SMILES string of the molecule is CNCC(C)=Cc1ccc(-c2ccc(Cl)cc2)o1. The van der Waals surface area contributed by atoms with Gasteiger partial charge < -0.3 is 9.73 Å². The number of likely N-dealkylation sites (N-methyl/N-ethyl adjacent to an activating group) is 1. The first-order chi connectivity index (χ1) is 8.69. The van der Waals surface area contributed by atoms with Crippen LogP contribution < -0.4 is 5.32 Å². The van der Waals surface area contributed by atoms with E-state index in [1.807, 2.05) is 49.5 Å². The Morgan fingerprint density at radius 1 is 1.22 bits per heavy atom. The van der Waals surface area contributed by atoms with Gasteiger partial charge in [-0.2, -0.15) is 0 Å². The Hall–Kier alpha value is -1.51. The molecule has 0 radical (unpaired) electrons. The van der Waals surface area contributed by atoms with Crippen molar-refractivity contribution in [2.75, 3.05) is 13.6 Å². The molecule has 2 aromatic rings. The summed E-state index contributed by atoms with van der Waals surface area (Å²) in [5.74, 6) is 1.72. The zero-order valence-corrected chi connectivity index (χ0v) is 11.3. The van der Waals surface area contributed by atoms with Crippen molar-refractivity contribution in [3.8, 4) is 11.3 Å². The van der Waals surface area contributed by atoms with Crippen molar-refractivity contribution >= 4 is 17.7 Å². The summed E-state index contributed by atoms with van der Waals surface area (Å²) in [6.07, 6.45) is 2.04. The van der Waals surface area contributed by atoms with Crippen molar-refractivity contribution in [2.24, 2.45) is 0 Å². The van der Waals surface area contributed by atoms with Gasteiger partial charge in [-0.3, -0.25) is 0 Å². The van der Waals surface area contributed by atoms with Crippen molar-refractivity contribution in [1.82, 2.24) is 5.32 Å². The highest BCUT2D eigenvalue weighted by Crippen LogP contribution is 2.24. The Balaban J connectivity index is 2.20. The smallest absolute Gasteiger partial charge is 0.134 e. The summed E-state index contributed by atoms with van der Waals surface area (Å²) in [5, 5.41) is 3.84. The Morgan fingerprint density at radius 3 is 2.61 bits per heavy atom. The van der Waals surface area contributed by atoms with Gasteiger partial charge >= 0.3 is 0 Å². The Morgan fingerprint density at radius 2 is 1.94 bits per heavy atom. The molecule has 0 unspecified atom stereocenters. The fraction of sp³-hybridized carbons (Fsp3) is 0.200. The van der Waals surface area contributed by atoms with E-state index in [2.05, 4.69) is 12.2 Å². The second-order valence-corrected chi connectivity index (χ2v) is 4.67. The number of benzene rings is 1. The molecule has 0 atom stereocenters. The monoisotopic (exact) mass is 261 g/mol. The normalized spacial score (nSPS) is 11.8. The van der Waals surface area contributed by atoms with Gasteiger partial charge in [-0.05, 0) is 56.4 Å². The molecule has 0 aliphatic rings. The summed E-state index contributed by atoms with van der Waals surface area (Å²) in [6.45, 7) is 2.93. The van der Waals surface area contributed by atoms with E-state index in [-0.39, 0.29) is 0 Å². The van der Waals surface area contributed by atoms with E-state index >= 15 is 0 Å². The fourth-order valence-electron chi connectivity index (χ4n) is 1.77. The molecular weight excluding hydrogens is 246 g/mol. The Kier molecular flexibility index (Phi) is 4.24. The van der Waals surface area contributed by atoms with Gasteiger partial charge in [0.2, 0.25) is 0 Å². The molecule has 18 heavy (non-hydrogen) atoms. The molecule has 0 fully saturated rings. The lowest BCUT2D eigenvalue weighted by atomic mass is 10.2. The molecule has 0 bridgehead atoms. The molecule has 2 rings (SSSR count). The third-order valence-corrected chi connectivity index (χ3v) is 2.85. The van der Waals surface area contributed by atoms with Gasteiger partial charge in [0, 0.05) is 17.1 Å². The van der Waals surface area contributed by atoms with Crippen LogP contribution in [0.1, 0.15) is 12.7 Å². The molecule has 3 heteroatoms. The molecular formula is C15H16ClNO. The summed E-state index contributed by atoms with van der Waals surface area (Å²) in [6, 6.07) is 11.6. The number of rotatable bonds is 4. The topological polar surface area (TPSA) is 25.2 Å². The molecule has 0 amide bonds. The largest absolute Gasteiger partial charge is 0.457 e. The number of furan rings is 1. The lowest BCUT2D eigenvalue weighted by Gasteiger charge is -1.98. The molecule has 1 N–H and O–H groups in total. The number of halogens is 1. The third-order valence-electron chi connectivity index (χ3n) is 2.60. The van der Waals surface area contributed by atoms with Gasteiger partial charge in [0.05, 0.1) is 0 Å². The fourth-order valence-corrected chi connectivity index (χ4v) is 1.90. The maximum absolute atomic E-state index is 5.86. The molecule has 0 saturated heterocycles. The Labute approximate surface area is 112 Å². The van der Waals surface area contributed by atoms with Crippen molar-refractivity contribution in [3.05, 3.63) is 52.8 Å². The summed E-state index contributed by atoms with van der Waals surface area (Å²) in [4.78, 5) is 0. The predicted octanol–water partition coefficient (Wildman–Crippen LogP) is 4.22. The van der Waals surface area contributed by atoms with Crippen LogP contribution in [-0.4, -0.2) is 13.6 Å². The number of hydrogen-bond donors (Lipinski definition) is 1. The molecule has 1 heterocycles. The molecule has 0 aliphatic carbocycles. The summed E-state index contributed by atoms with van der Waals surface area (Å²) in [7, 11) is 1.93. The average Bonchev–Trinajstić information content (AvgIpc) is 2.78. The quantitative estimate of drug-likeness (QED) is 0.891. The van der Waals surface area contributed by atoms with Crippen LogP contribution in [0.15, 0.2) is 46.4 Å². The van der Waals surface area contributed by atoms with Gasteiger partial charge in [-0.25, -0.2) is 0 Å². The number of nitrogens with one attached hydrogen (secondary N) is 1. The lowest BCUT2D eigenvalue weighted by molar-refractivity contribution is 0.571. The highest BCUT2D eigenvalue weighted by molar-refractivity contribution is 6.30. The van der Waals surface area contributed by atoms with Crippen LogP contribution in [0.25, 0.3) is 17.4 Å². The van der Waals surface area contributed by atoms with Gasteiger partial charge in [-0.1, -0.05) is 17.2 Å². The minimum Gasteiger partial charge on any atom is -0.457 e. The van der Waals surface area contributed by atoms with E-state index < -0.39 is 0 Å². The molecule has 0 aliphatic heterocycles. The highest BCUT2D eigenvalue weighted by Gasteiger charge is 2.03. The van der Waals surface area contributed by atoms with Crippen LogP contribution in [0.4, 0.5) is 0 Å². The van der Waals surface area contributed by atoms with Crippen molar-refractivity contribution in [3.63, 3.8) is 0 Å². The maximum Gasteiger partial charge on any atom is 0.134 e. The van der Waals surface area contributed by atoms with Gasteiger partial charge in [0.15, 0.2) is 0 Å². The minimum atomic E-state index is 0.732. The highest BCUT2D eigenvalue weighted by atomic mass is 35.5. The summed E-state index contributed by atoms with van der Waals surface area (Å²) < 4.78 is 5.78. The van der Waals surface area contributed by atoms with Crippen LogP contribution in [0.2, 0.25) is 5.02 Å². The molecule has 94 valence electrons.